The smallest absolute Gasteiger partial charge is 0.301 e. The maximum atomic E-state index is 12.5. The lowest BCUT2D eigenvalue weighted by Gasteiger charge is -2.32. The molecule has 0 amide bonds. The molecule has 1 saturated heterocycles. The van der Waals surface area contributed by atoms with Gasteiger partial charge >= 0.3 is 10.2 Å². The van der Waals surface area contributed by atoms with Crippen LogP contribution in [0.3, 0.4) is 0 Å². The number of nitrogens with one attached hydrogen (secondary N) is 2. The van der Waals surface area contributed by atoms with Gasteiger partial charge in [0.2, 0.25) is 0 Å². The Morgan fingerprint density at radius 3 is 3.05 bits per heavy atom. The molecule has 2 heterocycles. The first-order valence-electron chi connectivity index (χ1n) is 7.11. The van der Waals surface area contributed by atoms with E-state index in [2.05, 4.69) is 37.9 Å². The molecule has 0 spiro atoms. The Kier molecular flexibility index (Phi) is 5.98. The van der Waals surface area contributed by atoms with E-state index in [9.17, 15) is 8.42 Å². The molecule has 1 aromatic rings. The summed E-state index contributed by atoms with van der Waals surface area (Å²) in [4.78, 5) is 3.93. The molecule has 1 fully saturated rings. The summed E-state index contributed by atoms with van der Waals surface area (Å²) in [6, 6.07) is 1.64. The van der Waals surface area contributed by atoms with Gasteiger partial charge in [-0.1, -0.05) is 6.92 Å². The zero-order valence-corrected chi connectivity index (χ0v) is 14.5. The number of piperidine rings is 1. The zero-order chi connectivity index (χ0) is 15.3. The van der Waals surface area contributed by atoms with Gasteiger partial charge in [-0.3, -0.25) is 9.71 Å². The van der Waals surface area contributed by atoms with Crippen LogP contribution in [0, 0.1) is 5.92 Å². The highest BCUT2D eigenvalue weighted by atomic mass is 79.9. The van der Waals surface area contributed by atoms with Gasteiger partial charge in [-0.2, -0.15) is 12.7 Å². The number of rotatable bonds is 6. The zero-order valence-electron chi connectivity index (χ0n) is 12.0. The standard InChI is InChI=1S/C13H21BrN4O2S/c1-2-15-8-11-4-3-7-18(10-11)21(19,20)17-13-5-6-16-9-12(13)14/h5-6,9,11,15H,2-4,7-8,10H2,1H3,(H,16,17). The molecule has 1 aliphatic heterocycles. The van der Waals surface area contributed by atoms with Gasteiger partial charge in [0, 0.05) is 25.5 Å². The van der Waals surface area contributed by atoms with Gasteiger partial charge in [0.1, 0.15) is 0 Å². The number of nitrogens with zero attached hydrogens (tertiary/aromatic N) is 2. The molecule has 2 N–H and O–H groups in total. The van der Waals surface area contributed by atoms with E-state index >= 15 is 0 Å². The number of anilines is 1. The molecular formula is C13H21BrN4O2S. The van der Waals surface area contributed by atoms with Crippen LogP contribution in [0.5, 0.6) is 0 Å². The molecule has 0 bridgehead atoms. The lowest BCUT2D eigenvalue weighted by atomic mass is 10.00. The minimum absolute atomic E-state index is 0.371. The van der Waals surface area contributed by atoms with Crippen LogP contribution in [-0.2, 0) is 10.2 Å². The molecule has 8 heteroatoms. The Labute approximate surface area is 134 Å². The van der Waals surface area contributed by atoms with Crippen LogP contribution in [0.1, 0.15) is 19.8 Å². The van der Waals surface area contributed by atoms with Crippen LogP contribution in [0.15, 0.2) is 22.9 Å². The summed E-state index contributed by atoms with van der Waals surface area (Å²) in [5.74, 6) is 0.371. The maximum Gasteiger partial charge on any atom is 0.301 e. The molecule has 1 aromatic heterocycles. The van der Waals surface area contributed by atoms with Crippen LogP contribution in [-0.4, -0.2) is 43.9 Å². The van der Waals surface area contributed by atoms with E-state index in [0.29, 0.717) is 29.2 Å². The quantitative estimate of drug-likeness (QED) is 0.793. The molecular weight excluding hydrogens is 356 g/mol. The second-order valence-corrected chi connectivity index (χ2v) is 7.66. The highest BCUT2D eigenvalue weighted by Gasteiger charge is 2.29. The van der Waals surface area contributed by atoms with Crippen molar-refractivity contribution in [1.82, 2.24) is 14.6 Å². The third kappa shape index (κ3) is 4.64. The van der Waals surface area contributed by atoms with Crippen molar-refractivity contribution in [2.75, 3.05) is 30.9 Å². The van der Waals surface area contributed by atoms with Gasteiger partial charge in [0.05, 0.1) is 10.2 Å². The van der Waals surface area contributed by atoms with E-state index in [1.165, 1.54) is 4.31 Å². The van der Waals surface area contributed by atoms with Gasteiger partial charge in [0.25, 0.3) is 0 Å². The molecule has 0 radical (unpaired) electrons. The number of hydrogen-bond acceptors (Lipinski definition) is 4. The minimum atomic E-state index is -3.52. The van der Waals surface area contributed by atoms with Crippen LogP contribution >= 0.6 is 15.9 Å². The predicted octanol–water partition coefficient (Wildman–Crippen LogP) is 1.82. The first-order chi connectivity index (χ1) is 10.0. The Hall–Kier alpha value is -0.700. The van der Waals surface area contributed by atoms with E-state index in [1.807, 2.05) is 0 Å². The van der Waals surface area contributed by atoms with Crippen LogP contribution < -0.4 is 10.0 Å². The summed E-state index contributed by atoms with van der Waals surface area (Å²) in [6.45, 7) is 4.96. The largest absolute Gasteiger partial charge is 0.317 e. The van der Waals surface area contributed by atoms with E-state index in [1.54, 1.807) is 18.5 Å². The highest BCUT2D eigenvalue weighted by Crippen LogP contribution is 2.24. The van der Waals surface area contributed by atoms with Gasteiger partial charge in [0.15, 0.2) is 0 Å². The van der Waals surface area contributed by atoms with Gasteiger partial charge < -0.3 is 5.32 Å². The molecule has 0 aromatic carbocycles. The first kappa shape index (κ1) is 16.7. The van der Waals surface area contributed by atoms with Crippen molar-refractivity contribution in [3.05, 3.63) is 22.9 Å². The van der Waals surface area contributed by atoms with Crippen LogP contribution in [0.4, 0.5) is 5.69 Å². The fourth-order valence-electron chi connectivity index (χ4n) is 2.42. The average Bonchev–Trinajstić information content (AvgIpc) is 2.48. The summed E-state index contributed by atoms with van der Waals surface area (Å²) in [5.41, 5.74) is 0.513. The van der Waals surface area contributed by atoms with Crippen molar-refractivity contribution in [2.24, 2.45) is 5.92 Å². The predicted molar refractivity (Wildman–Crippen MR) is 87.3 cm³/mol. The van der Waals surface area contributed by atoms with E-state index < -0.39 is 10.2 Å². The SMILES string of the molecule is CCNCC1CCCN(S(=O)(=O)Nc2ccncc2Br)C1. The normalized spacial score (nSPS) is 20.4. The van der Waals surface area contributed by atoms with Crippen molar-refractivity contribution in [3.63, 3.8) is 0 Å². The van der Waals surface area contributed by atoms with Crippen LogP contribution in [0.2, 0.25) is 0 Å². The molecule has 2 rings (SSSR count). The second kappa shape index (κ2) is 7.53. The third-order valence-electron chi connectivity index (χ3n) is 3.52. The number of pyridine rings is 1. The van der Waals surface area contributed by atoms with Crippen molar-refractivity contribution >= 4 is 31.8 Å². The Bertz CT molecular complexity index is 567. The summed E-state index contributed by atoms with van der Waals surface area (Å²) in [6.07, 6.45) is 5.10. The maximum absolute atomic E-state index is 12.5. The van der Waals surface area contributed by atoms with Crippen molar-refractivity contribution < 1.29 is 8.42 Å². The topological polar surface area (TPSA) is 74.3 Å². The van der Waals surface area contributed by atoms with Crippen molar-refractivity contribution in [2.45, 2.75) is 19.8 Å². The average molecular weight is 377 g/mol. The van der Waals surface area contributed by atoms with Crippen LogP contribution in [0.25, 0.3) is 0 Å². The molecule has 1 atom stereocenters. The monoisotopic (exact) mass is 376 g/mol. The molecule has 0 saturated carbocycles. The van der Waals surface area contributed by atoms with Crippen molar-refractivity contribution in [3.8, 4) is 0 Å². The van der Waals surface area contributed by atoms with Gasteiger partial charge in [-0.05, 0) is 53.8 Å². The Balaban J connectivity index is 2.03. The Morgan fingerprint density at radius 1 is 1.52 bits per heavy atom. The molecule has 6 nitrogen and oxygen atoms in total. The van der Waals surface area contributed by atoms with E-state index in [0.717, 1.165) is 25.9 Å². The number of aromatic nitrogens is 1. The first-order valence-corrected chi connectivity index (χ1v) is 9.34. The minimum Gasteiger partial charge on any atom is -0.317 e. The third-order valence-corrected chi connectivity index (χ3v) is 5.64. The molecule has 21 heavy (non-hydrogen) atoms. The van der Waals surface area contributed by atoms with E-state index in [4.69, 9.17) is 0 Å². The fourth-order valence-corrected chi connectivity index (χ4v) is 4.26. The van der Waals surface area contributed by atoms with Gasteiger partial charge in [-0.15, -0.1) is 0 Å². The summed E-state index contributed by atoms with van der Waals surface area (Å²) in [5, 5.41) is 3.29. The fraction of sp³-hybridized carbons (Fsp3) is 0.615. The molecule has 0 aliphatic carbocycles. The van der Waals surface area contributed by atoms with Crippen molar-refractivity contribution in [1.29, 1.82) is 0 Å². The van der Waals surface area contributed by atoms with Gasteiger partial charge in [-0.25, -0.2) is 0 Å². The highest BCUT2D eigenvalue weighted by molar-refractivity contribution is 9.10. The van der Waals surface area contributed by atoms with E-state index in [-0.39, 0.29) is 0 Å². The lowest BCUT2D eigenvalue weighted by Crippen LogP contribution is -2.45. The molecule has 1 aliphatic rings. The second-order valence-electron chi connectivity index (χ2n) is 5.14. The number of hydrogen-bond donors (Lipinski definition) is 2. The number of halogens is 1. The lowest BCUT2D eigenvalue weighted by molar-refractivity contribution is 0.262. The molecule has 1 unspecified atom stereocenters. The summed E-state index contributed by atoms with van der Waals surface area (Å²) >= 11 is 3.30. The Morgan fingerprint density at radius 2 is 2.33 bits per heavy atom. The summed E-state index contributed by atoms with van der Waals surface area (Å²) < 4.78 is 29.8. The summed E-state index contributed by atoms with van der Waals surface area (Å²) in [7, 11) is -3.52. The molecule has 118 valence electrons.